The first-order valence-corrected chi connectivity index (χ1v) is 34.5. The van der Waals surface area contributed by atoms with E-state index < -0.39 is 26.5 Å². The Morgan fingerprint density at radius 2 is 0.731 bits per heavy atom. The van der Waals surface area contributed by atoms with Gasteiger partial charge in [-0.05, 0) is 57.8 Å². The van der Waals surface area contributed by atoms with Gasteiger partial charge in [0, 0.05) is 12.8 Å². The van der Waals surface area contributed by atoms with Crippen LogP contribution >= 0.6 is 7.82 Å². The van der Waals surface area contributed by atoms with Gasteiger partial charge in [0.15, 0.2) is 6.10 Å². The Hall–Kier alpha value is -2.29. The standard InChI is InChI=1S/C68H126NO8P/c1-6-8-10-12-14-16-18-20-22-23-24-25-26-27-28-29-30-31-32-33-34-35-36-37-38-39-40-41-42-43-44-45-47-49-51-53-55-57-59-61-68(71)77-66(65-76-78(72,73)75-63-62-69(3,4)5)64-74-67(70)60-58-56-54-52-50-48-46-21-19-17-15-13-11-9-7-2/h8,10,14,16,20,22,24-25,27-28,66H,6-7,9,11-13,15,17-19,21,23,26,29-65H2,1-5H3/p+1/b10-8-,16-14-,22-20-,25-24-,28-27-. The second-order valence-electron chi connectivity index (χ2n) is 23.5. The molecular formula is C68H127NO8P+. The molecule has 0 aromatic rings. The maximum Gasteiger partial charge on any atom is 0.472 e. The monoisotopic (exact) mass is 1120 g/mol. The summed E-state index contributed by atoms with van der Waals surface area (Å²) < 4.78 is 34.6. The Kier molecular flexibility index (Phi) is 57.6. The minimum absolute atomic E-state index is 0.0343. The van der Waals surface area contributed by atoms with Crippen LogP contribution in [0, 0.1) is 0 Å². The zero-order valence-corrected chi connectivity index (χ0v) is 52.8. The fourth-order valence-electron chi connectivity index (χ4n) is 9.52. The normalized spacial score (nSPS) is 13.6. The lowest BCUT2D eigenvalue weighted by Crippen LogP contribution is -2.37. The number of quaternary nitrogens is 1. The number of hydrogen-bond acceptors (Lipinski definition) is 7. The third-order valence-corrected chi connectivity index (χ3v) is 15.5. The van der Waals surface area contributed by atoms with Crippen molar-refractivity contribution < 1.29 is 42.1 Å². The van der Waals surface area contributed by atoms with Crippen LogP contribution in [-0.4, -0.2) is 74.9 Å². The largest absolute Gasteiger partial charge is 0.472 e. The predicted octanol–water partition coefficient (Wildman–Crippen LogP) is 21.0. The van der Waals surface area contributed by atoms with Gasteiger partial charge < -0.3 is 18.9 Å². The zero-order chi connectivity index (χ0) is 57.0. The number of ether oxygens (including phenoxy) is 2. The molecule has 0 spiro atoms. The highest BCUT2D eigenvalue weighted by Gasteiger charge is 2.27. The number of hydrogen-bond donors (Lipinski definition) is 1. The lowest BCUT2D eigenvalue weighted by molar-refractivity contribution is -0.870. The predicted molar refractivity (Wildman–Crippen MR) is 335 cm³/mol. The fraction of sp³-hybridized carbons (Fsp3) is 0.824. The quantitative estimate of drug-likeness (QED) is 0.0211. The lowest BCUT2D eigenvalue weighted by Gasteiger charge is -2.24. The molecule has 0 aliphatic heterocycles. The van der Waals surface area contributed by atoms with Crippen molar-refractivity contribution in [2.24, 2.45) is 0 Å². The number of phosphoric ester groups is 1. The van der Waals surface area contributed by atoms with Crippen molar-refractivity contribution in [3.63, 3.8) is 0 Å². The summed E-state index contributed by atoms with van der Waals surface area (Å²) in [5.41, 5.74) is 0. The van der Waals surface area contributed by atoms with Crippen LogP contribution in [0.5, 0.6) is 0 Å². The molecule has 0 aromatic carbocycles. The van der Waals surface area contributed by atoms with Crippen molar-refractivity contribution in [2.75, 3.05) is 47.5 Å². The SMILES string of the molecule is CC/C=C\C/C=C\C/C=C\C/C=C\C/C=C\CCCCCCCCCCCCCCCCCCCCCCCCCC(=O)OC(COC(=O)CCCCCCCCCCCCCCCCC)COP(=O)(O)OCC[N+](C)(C)C. The van der Waals surface area contributed by atoms with Crippen LogP contribution in [0.1, 0.15) is 309 Å². The summed E-state index contributed by atoms with van der Waals surface area (Å²) in [4.78, 5) is 35.7. The summed E-state index contributed by atoms with van der Waals surface area (Å²) in [5.74, 6) is -0.780. The van der Waals surface area contributed by atoms with E-state index in [9.17, 15) is 19.0 Å². The van der Waals surface area contributed by atoms with E-state index in [0.29, 0.717) is 23.9 Å². The van der Waals surface area contributed by atoms with Crippen molar-refractivity contribution in [2.45, 2.75) is 315 Å². The van der Waals surface area contributed by atoms with E-state index in [0.717, 1.165) is 64.2 Å². The molecule has 0 aliphatic rings. The number of unbranched alkanes of at least 4 members (excludes halogenated alkanes) is 37. The average molecular weight is 1120 g/mol. The Bertz CT molecular complexity index is 1500. The summed E-state index contributed by atoms with van der Waals surface area (Å²) in [7, 11) is 1.49. The van der Waals surface area contributed by atoms with Gasteiger partial charge >= 0.3 is 19.8 Å². The minimum Gasteiger partial charge on any atom is -0.462 e. The molecule has 0 radical (unpaired) electrons. The van der Waals surface area contributed by atoms with Gasteiger partial charge in [-0.25, -0.2) is 4.57 Å². The molecule has 0 amide bonds. The minimum atomic E-state index is -4.38. The maximum atomic E-state index is 12.8. The van der Waals surface area contributed by atoms with Crippen molar-refractivity contribution in [3.05, 3.63) is 60.8 Å². The molecule has 9 nitrogen and oxygen atoms in total. The number of carbonyl (C=O) groups excluding carboxylic acids is 2. The molecule has 0 aliphatic carbocycles. The van der Waals surface area contributed by atoms with Crippen LogP contribution < -0.4 is 0 Å². The first kappa shape index (κ1) is 75.7. The number of rotatable bonds is 61. The highest BCUT2D eigenvalue weighted by atomic mass is 31.2. The van der Waals surface area contributed by atoms with Crippen LogP contribution in [0.3, 0.4) is 0 Å². The molecule has 456 valence electrons. The van der Waals surface area contributed by atoms with Gasteiger partial charge in [0.25, 0.3) is 0 Å². The molecule has 0 saturated heterocycles. The number of phosphoric acid groups is 1. The van der Waals surface area contributed by atoms with Crippen molar-refractivity contribution in [1.29, 1.82) is 0 Å². The van der Waals surface area contributed by atoms with E-state index in [-0.39, 0.29) is 25.6 Å². The number of esters is 2. The van der Waals surface area contributed by atoms with Gasteiger partial charge in [-0.1, -0.05) is 299 Å². The Morgan fingerprint density at radius 3 is 1.09 bits per heavy atom. The molecule has 0 bridgehead atoms. The van der Waals surface area contributed by atoms with E-state index >= 15 is 0 Å². The van der Waals surface area contributed by atoms with Gasteiger partial charge in [-0.3, -0.25) is 18.6 Å². The van der Waals surface area contributed by atoms with Crippen molar-refractivity contribution >= 4 is 19.8 Å². The maximum absolute atomic E-state index is 12.8. The van der Waals surface area contributed by atoms with Crippen LogP contribution in [0.4, 0.5) is 0 Å². The average Bonchev–Trinajstić information content (AvgIpc) is 3.41. The second-order valence-corrected chi connectivity index (χ2v) is 24.9. The summed E-state index contributed by atoms with van der Waals surface area (Å²) in [6, 6.07) is 0. The van der Waals surface area contributed by atoms with E-state index in [1.807, 2.05) is 21.1 Å². The van der Waals surface area contributed by atoms with Crippen molar-refractivity contribution in [3.8, 4) is 0 Å². The third kappa shape index (κ3) is 62.9. The molecule has 0 aromatic heterocycles. The smallest absolute Gasteiger partial charge is 0.462 e. The highest BCUT2D eigenvalue weighted by molar-refractivity contribution is 7.47. The van der Waals surface area contributed by atoms with E-state index in [1.54, 1.807) is 0 Å². The van der Waals surface area contributed by atoms with E-state index in [4.69, 9.17) is 18.5 Å². The van der Waals surface area contributed by atoms with E-state index in [2.05, 4.69) is 74.6 Å². The lowest BCUT2D eigenvalue weighted by atomic mass is 10.0. The molecule has 0 rings (SSSR count). The van der Waals surface area contributed by atoms with E-state index in [1.165, 1.54) is 212 Å². The fourth-order valence-corrected chi connectivity index (χ4v) is 10.3. The summed E-state index contributed by atoms with van der Waals surface area (Å²) >= 11 is 0. The Labute approximate surface area is 483 Å². The number of carbonyl (C=O) groups is 2. The Balaban J connectivity index is 3.91. The summed E-state index contributed by atoms with van der Waals surface area (Å²) in [6.45, 7) is 4.36. The van der Waals surface area contributed by atoms with Crippen LogP contribution in [-0.2, 0) is 32.7 Å². The molecular weight excluding hydrogens is 990 g/mol. The molecule has 10 heteroatoms. The van der Waals surface area contributed by atoms with Gasteiger partial charge in [-0.15, -0.1) is 0 Å². The molecule has 78 heavy (non-hydrogen) atoms. The molecule has 2 atom stereocenters. The first-order chi connectivity index (χ1) is 38.0. The molecule has 2 unspecified atom stereocenters. The number of likely N-dealkylation sites (N-methyl/N-ethyl adjacent to an activating group) is 1. The number of nitrogens with zero attached hydrogens (tertiary/aromatic N) is 1. The third-order valence-electron chi connectivity index (χ3n) is 14.6. The summed E-state index contributed by atoms with van der Waals surface area (Å²) in [5, 5.41) is 0. The van der Waals surface area contributed by atoms with Crippen LogP contribution in [0.2, 0.25) is 0 Å². The molecule has 0 heterocycles. The molecule has 0 saturated carbocycles. The molecule has 1 N–H and O–H groups in total. The Morgan fingerprint density at radius 1 is 0.410 bits per heavy atom. The van der Waals surface area contributed by atoms with Crippen molar-refractivity contribution in [1.82, 2.24) is 0 Å². The summed E-state index contributed by atoms with van der Waals surface area (Å²) in [6.07, 6.45) is 77.6. The van der Waals surface area contributed by atoms with Gasteiger partial charge in [0.2, 0.25) is 0 Å². The van der Waals surface area contributed by atoms with Crippen LogP contribution in [0.15, 0.2) is 60.8 Å². The topological polar surface area (TPSA) is 108 Å². The number of allylic oxidation sites excluding steroid dienone is 10. The highest BCUT2D eigenvalue weighted by Crippen LogP contribution is 2.43. The van der Waals surface area contributed by atoms with Crippen LogP contribution in [0.25, 0.3) is 0 Å². The first-order valence-electron chi connectivity index (χ1n) is 33.0. The van der Waals surface area contributed by atoms with Gasteiger partial charge in [0.1, 0.15) is 19.8 Å². The zero-order valence-electron chi connectivity index (χ0n) is 51.9. The molecule has 0 fully saturated rings. The van der Waals surface area contributed by atoms with Gasteiger partial charge in [0.05, 0.1) is 27.7 Å². The van der Waals surface area contributed by atoms with Gasteiger partial charge in [-0.2, -0.15) is 0 Å². The second kappa shape index (κ2) is 59.3.